The summed E-state index contributed by atoms with van der Waals surface area (Å²) in [5, 5.41) is 6.84. The Hall–Kier alpha value is -4.22. The van der Waals surface area contributed by atoms with Gasteiger partial charge >= 0.3 is 6.18 Å². The summed E-state index contributed by atoms with van der Waals surface area (Å²) in [4.78, 5) is 25.0. The number of hydrogen-bond acceptors (Lipinski definition) is 7. The number of carbonyl (C=O) groups is 1. The van der Waals surface area contributed by atoms with E-state index in [9.17, 15) is 18.0 Å². The quantitative estimate of drug-likeness (QED) is 0.169. The van der Waals surface area contributed by atoms with Crippen molar-refractivity contribution in [3.05, 3.63) is 77.5 Å². The molecule has 242 valence electrons. The van der Waals surface area contributed by atoms with Crippen molar-refractivity contribution in [2.24, 2.45) is 5.92 Å². The predicted octanol–water partition coefficient (Wildman–Crippen LogP) is 7.19. The van der Waals surface area contributed by atoms with Crippen LogP contribution in [0.15, 0.2) is 60.8 Å². The minimum absolute atomic E-state index is 0.0113. The second-order valence-electron chi connectivity index (χ2n) is 12.1. The first kappa shape index (κ1) is 31.7. The molecule has 1 saturated heterocycles. The number of nitrogens with one attached hydrogen (secondary N) is 2. The molecule has 4 aromatic rings. The summed E-state index contributed by atoms with van der Waals surface area (Å²) in [6.07, 6.45) is 0.0683. The number of halogens is 3. The Morgan fingerprint density at radius 2 is 1.89 bits per heavy atom. The number of carbonyl (C=O) groups excluding carboxylic acids is 1. The molecule has 1 aliphatic heterocycles. The first-order chi connectivity index (χ1) is 22.1. The van der Waals surface area contributed by atoms with Gasteiger partial charge in [0.2, 0.25) is 5.95 Å². The second-order valence-corrected chi connectivity index (χ2v) is 12.1. The molecule has 1 aromatic heterocycles. The molecule has 1 aliphatic carbocycles. The Morgan fingerprint density at radius 1 is 1.09 bits per heavy atom. The molecule has 2 heterocycles. The van der Waals surface area contributed by atoms with E-state index in [1.807, 2.05) is 38.1 Å². The Morgan fingerprint density at radius 3 is 2.65 bits per heavy atom. The van der Waals surface area contributed by atoms with Crippen molar-refractivity contribution in [1.29, 1.82) is 0 Å². The third-order valence-electron chi connectivity index (χ3n) is 8.58. The van der Waals surface area contributed by atoms with Crippen molar-refractivity contribution in [1.82, 2.24) is 14.9 Å². The van der Waals surface area contributed by atoms with Crippen molar-refractivity contribution < 1.29 is 27.4 Å². The van der Waals surface area contributed by atoms with Crippen LogP contribution in [0.4, 0.5) is 24.8 Å². The van der Waals surface area contributed by atoms with Gasteiger partial charge in [-0.3, -0.25) is 9.69 Å². The molecule has 1 atom stereocenters. The predicted molar refractivity (Wildman–Crippen MR) is 172 cm³/mol. The average Bonchev–Trinajstić information content (AvgIpc) is 3.90. The highest BCUT2D eigenvalue weighted by molar-refractivity contribution is 6.06. The van der Waals surface area contributed by atoms with Gasteiger partial charge in [0.25, 0.3) is 5.91 Å². The highest BCUT2D eigenvalue weighted by Gasteiger charge is 2.33. The maximum atomic E-state index is 13.5. The summed E-state index contributed by atoms with van der Waals surface area (Å²) in [6.45, 7) is 9.11. The van der Waals surface area contributed by atoms with Crippen LogP contribution in [-0.2, 0) is 10.9 Å². The van der Waals surface area contributed by atoms with Gasteiger partial charge in [0.1, 0.15) is 5.75 Å². The summed E-state index contributed by atoms with van der Waals surface area (Å²) in [5.41, 5.74) is 2.87. The number of anilines is 2. The van der Waals surface area contributed by atoms with Gasteiger partial charge in [-0.1, -0.05) is 12.1 Å². The Balaban J connectivity index is 1.16. The summed E-state index contributed by atoms with van der Waals surface area (Å²) in [6, 6.07) is 14.3. The van der Waals surface area contributed by atoms with Crippen molar-refractivity contribution in [3.8, 4) is 16.9 Å². The van der Waals surface area contributed by atoms with E-state index >= 15 is 0 Å². The average molecular weight is 634 g/mol. The van der Waals surface area contributed by atoms with Crippen molar-refractivity contribution in [3.63, 3.8) is 0 Å². The Labute approximate surface area is 266 Å². The zero-order chi connectivity index (χ0) is 32.3. The first-order valence-electron chi connectivity index (χ1n) is 15.7. The van der Waals surface area contributed by atoms with E-state index in [-0.39, 0.29) is 17.5 Å². The first-order valence-corrected chi connectivity index (χ1v) is 15.7. The van der Waals surface area contributed by atoms with Crippen LogP contribution < -0.4 is 15.4 Å². The van der Waals surface area contributed by atoms with Crippen LogP contribution in [0, 0.1) is 12.8 Å². The topological polar surface area (TPSA) is 88.6 Å². The van der Waals surface area contributed by atoms with E-state index in [1.165, 1.54) is 6.07 Å². The van der Waals surface area contributed by atoms with E-state index in [4.69, 9.17) is 9.47 Å². The molecule has 2 fully saturated rings. The molecule has 2 aliphatic rings. The number of alkyl halides is 3. The number of benzene rings is 3. The second kappa shape index (κ2) is 13.6. The lowest BCUT2D eigenvalue weighted by Crippen LogP contribution is -2.37. The molecule has 2 N–H and O–H groups in total. The van der Waals surface area contributed by atoms with Crippen LogP contribution in [0.25, 0.3) is 22.0 Å². The van der Waals surface area contributed by atoms with Gasteiger partial charge in [-0.05, 0) is 105 Å². The number of rotatable bonds is 11. The zero-order valence-corrected chi connectivity index (χ0v) is 26.0. The monoisotopic (exact) mass is 633 g/mol. The largest absolute Gasteiger partial charge is 0.488 e. The maximum absolute atomic E-state index is 13.5. The molecule has 46 heavy (non-hydrogen) atoms. The van der Waals surface area contributed by atoms with E-state index < -0.39 is 17.6 Å². The lowest BCUT2D eigenvalue weighted by molar-refractivity contribution is -0.137. The molecular weight excluding hydrogens is 595 g/mol. The van der Waals surface area contributed by atoms with Crippen LogP contribution >= 0.6 is 0 Å². The van der Waals surface area contributed by atoms with Gasteiger partial charge in [0.15, 0.2) is 0 Å². The molecule has 0 unspecified atom stereocenters. The Bertz CT molecular complexity index is 1700. The zero-order valence-electron chi connectivity index (χ0n) is 26.0. The third-order valence-corrected chi connectivity index (χ3v) is 8.58. The van der Waals surface area contributed by atoms with Gasteiger partial charge in [-0.25, -0.2) is 9.97 Å². The van der Waals surface area contributed by atoms with Crippen molar-refractivity contribution in [2.75, 3.05) is 50.0 Å². The maximum Gasteiger partial charge on any atom is 0.416 e. The van der Waals surface area contributed by atoms with Crippen LogP contribution in [-0.4, -0.2) is 66.3 Å². The van der Waals surface area contributed by atoms with Crippen LogP contribution in [0.2, 0.25) is 0 Å². The number of hydrogen-bond donors (Lipinski definition) is 2. The van der Waals surface area contributed by atoms with E-state index in [2.05, 4.69) is 25.5 Å². The molecule has 0 spiro atoms. The lowest BCUT2D eigenvalue weighted by Gasteiger charge is -2.26. The van der Waals surface area contributed by atoms with Gasteiger partial charge in [-0.15, -0.1) is 0 Å². The van der Waals surface area contributed by atoms with Gasteiger partial charge in [-0.2, -0.15) is 13.2 Å². The molecule has 0 radical (unpaired) electrons. The summed E-state index contributed by atoms with van der Waals surface area (Å²) >= 11 is 0. The molecule has 8 nitrogen and oxygen atoms in total. The van der Waals surface area contributed by atoms with E-state index in [0.717, 1.165) is 98.4 Å². The van der Waals surface area contributed by atoms with Crippen LogP contribution in [0.1, 0.15) is 47.7 Å². The number of aromatic nitrogens is 2. The minimum atomic E-state index is -4.56. The smallest absolute Gasteiger partial charge is 0.416 e. The van der Waals surface area contributed by atoms with Crippen LogP contribution in [0.5, 0.6) is 5.75 Å². The van der Waals surface area contributed by atoms with Gasteiger partial charge in [0, 0.05) is 36.8 Å². The Kier molecular flexibility index (Phi) is 9.42. The van der Waals surface area contributed by atoms with Crippen LogP contribution in [0.3, 0.4) is 0 Å². The molecule has 6 rings (SSSR count). The number of fused-ring (bicyclic) bond motifs is 1. The summed E-state index contributed by atoms with van der Waals surface area (Å²) in [7, 11) is 0. The van der Waals surface area contributed by atoms with E-state index in [1.54, 1.807) is 18.3 Å². The standard InChI is InChI=1S/C35H38F3N5O3/c1-22-4-5-26(33(44)41-31-20-28(35(36,37)38)9-11-32(31)46-23(2)24-6-7-24)19-29(22)25-8-10-30-27(18-25)21-40-34(42-30)39-12-3-13-43-14-16-45-17-15-43/h4-5,8-11,18-21,23-24H,3,6-7,12-17H2,1-2H3,(H,41,44)(H,39,40,42)/t23-/m1/s1. The fraction of sp³-hybridized carbons (Fsp3) is 0.400. The molecule has 0 bridgehead atoms. The number of ether oxygens (including phenoxy) is 2. The van der Waals surface area contributed by atoms with E-state index in [0.29, 0.717) is 17.4 Å². The van der Waals surface area contributed by atoms with Crippen molar-refractivity contribution in [2.45, 2.75) is 45.4 Å². The molecule has 3 aromatic carbocycles. The lowest BCUT2D eigenvalue weighted by atomic mass is 9.97. The van der Waals surface area contributed by atoms with Gasteiger partial charge < -0.3 is 20.1 Å². The summed E-state index contributed by atoms with van der Waals surface area (Å²) < 4.78 is 52.0. The SMILES string of the molecule is Cc1ccc(C(=O)Nc2cc(C(F)(F)F)ccc2O[C@H](C)C2CC2)cc1-c1ccc2nc(NCCCN3CCOCC3)ncc2c1. The van der Waals surface area contributed by atoms with Crippen molar-refractivity contribution >= 4 is 28.4 Å². The fourth-order valence-electron chi connectivity index (χ4n) is 5.65. The minimum Gasteiger partial charge on any atom is -0.488 e. The highest BCUT2D eigenvalue weighted by Crippen LogP contribution is 2.39. The number of aryl methyl sites for hydroxylation is 1. The fourth-order valence-corrected chi connectivity index (χ4v) is 5.65. The molecular formula is C35H38F3N5O3. The highest BCUT2D eigenvalue weighted by atomic mass is 19.4. The third kappa shape index (κ3) is 7.76. The number of nitrogens with zero attached hydrogens (tertiary/aromatic N) is 3. The van der Waals surface area contributed by atoms with Gasteiger partial charge in [0.05, 0.1) is 36.1 Å². The number of amides is 1. The number of morpholine rings is 1. The molecule has 1 saturated carbocycles. The normalized spacial score (nSPS) is 16.3. The molecule has 11 heteroatoms. The summed E-state index contributed by atoms with van der Waals surface area (Å²) in [5.74, 6) is 0.624. The molecule has 1 amide bonds.